The van der Waals surface area contributed by atoms with E-state index >= 15 is 0 Å². The van der Waals surface area contributed by atoms with Crippen molar-refractivity contribution in [1.82, 2.24) is 9.88 Å². The summed E-state index contributed by atoms with van der Waals surface area (Å²) in [5, 5.41) is 19.5. The summed E-state index contributed by atoms with van der Waals surface area (Å²) >= 11 is 3.32. The number of likely N-dealkylation sites (N-methyl/N-ethyl adjacent to an activating group) is 1. The predicted octanol–water partition coefficient (Wildman–Crippen LogP) is 0.974. The van der Waals surface area contributed by atoms with Crippen molar-refractivity contribution in [1.29, 1.82) is 0 Å². The van der Waals surface area contributed by atoms with E-state index in [0.29, 0.717) is 36.5 Å². The molecule has 1 aliphatic heterocycles. The number of pyridine rings is 1. The zero-order valence-electron chi connectivity index (χ0n) is 12.5. The van der Waals surface area contributed by atoms with Gasteiger partial charge in [0.05, 0.1) is 28.7 Å². The van der Waals surface area contributed by atoms with E-state index in [2.05, 4.69) is 20.9 Å². The summed E-state index contributed by atoms with van der Waals surface area (Å²) < 4.78 is 6.20. The smallest absolute Gasteiger partial charge is 0.317 e. The summed E-state index contributed by atoms with van der Waals surface area (Å²) in [5.41, 5.74) is -0.0772. The van der Waals surface area contributed by atoms with E-state index in [9.17, 15) is 14.9 Å². The Hall–Kier alpha value is -1.78. The van der Waals surface area contributed by atoms with Crippen LogP contribution < -0.4 is 4.90 Å². The van der Waals surface area contributed by atoms with Crippen molar-refractivity contribution >= 4 is 33.4 Å². The molecule has 0 bridgehead atoms. The van der Waals surface area contributed by atoms with Gasteiger partial charge in [-0.1, -0.05) is 0 Å². The van der Waals surface area contributed by atoms with Crippen LogP contribution in [-0.4, -0.2) is 71.8 Å². The highest BCUT2D eigenvalue weighted by Gasteiger charge is 2.25. The molecule has 9 nitrogen and oxygen atoms in total. The molecule has 10 heteroatoms. The van der Waals surface area contributed by atoms with Gasteiger partial charge < -0.3 is 14.7 Å². The first-order chi connectivity index (χ1) is 10.9. The number of ether oxygens (including phenoxy) is 1. The summed E-state index contributed by atoms with van der Waals surface area (Å²) in [6, 6.07) is 1.42. The van der Waals surface area contributed by atoms with Gasteiger partial charge >= 0.3 is 5.97 Å². The third-order valence-electron chi connectivity index (χ3n) is 3.38. The minimum atomic E-state index is -0.889. The first-order valence-corrected chi connectivity index (χ1v) is 7.73. The number of carbonyl (C=O) groups is 1. The fourth-order valence-corrected chi connectivity index (χ4v) is 3.01. The SMILES string of the molecule is CN(CC(=O)O)CC1CN(c2ncc([N+](=O)[O-])cc2Br)CCO1. The molecule has 1 aromatic rings. The number of anilines is 1. The Kier molecular flexibility index (Phi) is 5.85. The third-order valence-corrected chi connectivity index (χ3v) is 3.96. The van der Waals surface area contributed by atoms with E-state index in [1.165, 1.54) is 12.3 Å². The Bertz CT molecular complexity index is 600. The first kappa shape index (κ1) is 17.6. The summed E-state index contributed by atoms with van der Waals surface area (Å²) in [7, 11) is 1.72. The van der Waals surface area contributed by atoms with Crippen molar-refractivity contribution in [3.63, 3.8) is 0 Å². The number of carboxylic acid groups (broad SMARTS) is 1. The van der Waals surface area contributed by atoms with Gasteiger partial charge in [0.2, 0.25) is 0 Å². The van der Waals surface area contributed by atoms with Crippen LogP contribution in [0.2, 0.25) is 0 Å². The second kappa shape index (κ2) is 7.66. The molecular weight excluding hydrogens is 372 g/mol. The standard InChI is InChI=1S/C13H17BrN4O5/c1-16(8-12(19)20)6-10-7-17(2-3-23-10)13-11(14)4-9(5-15-13)18(21)22/h4-5,10H,2-3,6-8H2,1H3,(H,19,20). The number of carboxylic acids is 1. The lowest BCUT2D eigenvalue weighted by atomic mass is 10.2. The second-order valence-corrected chi connectivity index (χ2v) is 6.14. The summed E-state index contributed by atoms with van der Waals surface area (Å²) in [5.74, 6) is -0.273. The maximum absolute atomic E-state index is 10.8. The monoisotopic (exact) mass is 388 g/mol. The van der Waals surface area contributed by atoms with Gasteiger partial charge in [0, 0.05) is 25.7 Å². The molecule has 0 spiro atoms. The molecule has 1 saturated heterocycles. The number of morpholine rings is 1. The summed E-state index contributed by atoms with van der Waals surface area (Å²) in [6.45, 7) is 2.05. The van der Waals surface area contributed by atoms with Crippen molar-refractivity contribution in [2.45, 2.75) is 6.10 Å². The van der Waals surface area contributed by atoms with Crippen LogP contribution in [-0.2, 0) is 9.53 Å². The van der Waals surface area contributed by atoms with Crippen LogP contribution in [0.4, 0.5) is 11.5 Å². The van der Waals surface area contributed by atoms with Crippen molar-refractivity contribution in [2.24, 2.45) is 0 Å². The van der Waals surface area contributed by atoms with Gasteiger partial charge in [0.15, 0.2) is 0 Å². The molecule has 1 aromatic heterocycles. The van der Waals surface area contributed by atoms with E-state index in [1.54, 1.807) is 11.9 Å². The van der Waals surface area contributed by atoms with Gasteiger partial charge in [0.25, 0.3) is 5.69 Å². The molecule has 0 amide bonds. The van der Waals surface area contributed by atoms with E-state index in [1.807, 2.05) is 4.90 Å². The zero-order valence-corrected chi connectivity index (χ0v) is 14.1. The topological polar surface area (TPSA) is 109 Å². The molecule has 0 aromatic carbocycles. The van der Waals surface area contributed by atoms with Gasteiger partial charge in [0.1, 0.15) is 12.0 Å². The molecule has 1 fully saturated rings. The van der Waals surface area contributed by atoms with Crippen molar-refractivity contribution in [2.75, 3.05) is 44.7 Å². The van der Waals surface area contributed by atoms with Gasteiger partial charge in [-0.2, -0.15) is 0 Å². The van der Waals surface area contributed by atoms with Crippen LogP contribution >= 0.6 is 15.9 Å². The van der Waals surface area contributed by atoms with Gasteiger partial charge in [-0.15, -0.1) is 0 Å². The first-order valence-electron chi connectivity index (χ1n) is 6.93. The number of hydrogen-bond donors (Lipinski definition) is 1. The Morgan fingerprint density at radius 3 is 3.04 bits per heavy atom. The Morgan fingerprint density at radius 2 is 2.43 bits per heavy atom. The fraction of sp³-hybridized carbons (Fsp3) is 0.538. The Balaban J connectivity index is 2.03. The fourth-order valence-electron chi connectivity index (χ4n) is 2.42. The van der Waals surface area contributed by atoms with Gasteiger partial charge in [-0.3, -0.25) is 19.8 Å². The second-order valence-electron chi connectivity index (χ2n) is 5.29. The van der Waals surface area contributed by atoms with Crippen LogP contribution in [0, 0.1) is 10.1 Å². The minimum absolute atomic E-state index is 0.0562. The van der Waals surface area contributed by atoms with Crippen molar-refractivity contribution in [3.05, 3.63) is 26.9 Å². The van der Waals surface area contributed by atoms with Crippen molar-refractivity contribution in [3.8, 4) is 0 Å². The lowest BCUT2D eigenvalue weighted by Gasteiger charge is -2.35. The number of nitro groups is 1. The van der Waals surface area contributed by atoms with E-state index < -0.39 is 10.9 Å². The number of aliphatic carboxylic acids is 1. The lowest BCUT2D eigenvalue weighted by Crippen LogP contribution is -2.48. The molecule has 0 aliphatic carbocycles. The molecular formula is C13H17BrN4O5. The molecule has 0 saturated carbocycles. The van der Waals surface area contributed by atoms with Crippen molar-refractivity contribution < 1.29 is 19.6 Å². The Labute approximate surface area is 141 Å². The van der Waals surface area contributed by atoms with E-state index in [-0.39, 0.29) is 18.3 Å². The van der Waals surface area contributed by atoms with Gasteiger partial charge in [-0.05, 0) is 23.0 Å². The quantitative estimate of drug-likeness (QED) is 0.567. The molecule has 1 aliphatic rings. The molecule has 23 heavy (non-hydrogen) atoms. The number of rotatable bonds is 6. The molecule has 126 valence electrons. The minimum Gasteiger partial charge on any atom is -0.480 e. The zero-order chi connectivity index (χ0) is 17.0. The molecule has 1 unspecified atom stereocenters. The van der Waals surface area contributed by atoms with Crippen LogP contribution in [0.5, 0.6) is 0 Å². The summed E-state index contributed by atoms with van der Waals surface area (Å²) in [4.78, 5) is 28.8. The average molecular weight is 389 g/mol. The van der Waals surface area contributed by atoms with Crippen LogP contribution in [0.1, 0.15) is 0 Å². The number of hydrogen-bond acceptors (Lipinski definition) is 7. The van der Waals surface area contributed by atoms with Gasteiger partial charge in [-0.25, -0.2) is 4.98 Å². The highest BCUT2D eigenvalue weighted by molar-refractivity contribution is 9.10. The van der Waals surface area contributed by atoms with Crippen LogP contribution in [0.25, 0.3) is 0 Å². The normalized spacial score (nSPS) is 18.2. The lowest BCUT2D eigenvalue weighted by molar-refractivity contribution is -0.385. The molecule has 2 rings (SSSR count). The predicted molar refractivity (Wildman–Crippen MR) is 85.7 cm³/mol. The third kappa shape index (κ3) is 4.85. The molecule has 0 radical (unpaired) electrons. The Morgan fingerprint density at radius 1 is 1.70 bits per heavy atom. The number of aromatic nitrogens is 1. The highest BCUT2D eigenvalue weighted by Crippen LogP contribution is 2.28. The highest BCUT2D eigenvalue weighted by atomic mass is 79.9. The molecule has 1 atom stereocenters. The average Bonchev–Trinajstić information content (AvgIpc) is 2.46. The number of nitrogens with zero attached hydrogens (tertiary/aromatic N) is 4. The van der Waals surface area contributed by atoms with E-state index in [0.717, 1.165) is 0 Å². The maximum Gasteiger partial charge on any atom is 0.317 e. The van der Waals surface area contributed by atoms with Crippen LogP contribution in [0.15, 0.2) is 16.7 Å². The van der Waals surface area contributed by atoms with E-state index in [4.69, 9.17) is 9.84 Å². The summed E-state index contributed by atoms with van der Waals surface area (Å²) in [6.07, 6.45) is 1.07. The largest absolute Gasteiger partial charge is 0.480 e. The maximum atomic E-state index is 10.8. The molecule has 2 heterocycles. The molecule has 1 N–H and O–H groups in total. The van der Waals surface area contributed by atoms with Crippen LogP contribution in [0.3, 0.4) is 0 Å². The number of halogens is 1.